The van der Waals surface area contributed by atoms with Crippen LogP contribution in [0.4, 0.5) is 4.79 Å². The molecule has 0 aliphatic carbocycles. The van der Waals surface area contributed by atoms with Gasteiger partial charge in [-0.3, -0.25) is 0 Å². The van der Waals surface area contributed by atoms with E-state index in [9.17, 15) is 4.79 Å². The maximum absolute atomic E-state index is 10.6. The molecular formula is C13H27N3O2. The largest absolute Gasteiger partial charge is 0.465 e. The van der Waals surface area contributed by atoms with E-state index in [1.165, 1.54) is 0 Å². The van der Waals surface area contributed by atoms with Crippen LogP contribution in [0.2, 0.25) is 0 Å². The van der Waals surface area contributed by atoms with Crippen LogP contribution in [0.3, 0.4) is 0 Å². The number of amides is 1. The lowest BCUT2D eigenvalue weighted by atomic mass is 9.98. The molecule has 1 saturated heterocycles. The predicted molar refractivity (Wildman–Crippen MR) is 73.0 cm³/mol. The van der Waals surface area contributed by atoms with Crippen molar-refractivity contribution >= 4 is 6.09 Å². The number of hydrogen-bond donors (Lipinski definition) is 2. The van der Waals surface area contributed by atoms with Crippen molar-refractivity contribution in [2.45, 2.75) is 39.2 Å². The van der Waals surface area contributed by atoms with Gasteiger partial charge in [-0.15, -0.1) is 0 Å². The molecule has 0 aromatic rings. The molecule has 5 nitrogen and oxygen atoms in total. The van der Waals surface area contributed by atoms with Crippen LogP contribution in [0.1, 0.15) is 33.6 Å². The third kappa shape index (κ3) is 5.69. The Hall–Kier alpha value is -0.810. The van der Waals surface area contributed by atoms with E-state index in [1.54, 1.807) is 0 Å². The first-order chi connectivity index (χ1) is 8.43. The Morgan fingerprint density at radius 2 is 1.78 bits per heavy atom. The molecule has 0 radical (unpaired) electrons. The fourth-order valence-electron chi connectivity index (χ4n) is 2.43. The molecule has 1 fully saturated rings. The van der Waals surface area contributed by atoms with Crippen LogP contribution in [-0.4, -0.2) is 65.8 Å². The minimum atomic E-state index is -0.934. The van der Waals surface area contributed by atoms with Crippen molar-refractivity contribution in [2.75, 3.05) is 39.3 Å². The summed E-state index contributed by atoms with van der Waals surface area (Å²) < 4.78 is 0. The van der Waals surface area contributed by atoms with Gasteiger partial charge in [0.25, 0.3) is 0 Å². The Morgan fingerprint density at radius 1 is 1.22 bits per heavy atom. The molecular weight excluding hydrogens is 230 g/mol. The molecule has 18 heavy (non-hydrogen) atoms. The van der Waals surface area contributed by atoms with E-state index in [-0.39, 0.29) is 5.54 Å². The molecule has 5 heteroatoms. The Balaban J connectivity index is 2.16. The van der Waals surface area contributed by atoms with Crippen LogP contribution >= 0.6 is 0 Å². The monoisotopic (exact) mass is 257 g/mol. The number of carboxylic acid groups (broad SMARTS) is 1. The highest BCUT2D eigenvalue weighted by Crippen LogP contribution is 2.12. The average Bonchev–Trinajstić information content (AvgIpc) is 2.28. The summed E-state index contributed by atoms with van der Waals surface area (Å²) in [5.41, 5.74) is -0.322. The van der Waals surface area contributed by atoms with Gasteiger partial charge in [-0.25, -0.2) is 4.79 Å². The first-order valence-electron chi connectivity index (χ1n) is 6.89. The Labute approximate surface area is 110 Å². The van der Waals surface area contributed by atoms with Crippen LogP contribution in [0.15, 0.2) is 0 Å². The second-order valence-corrected chi connectivity index (χ2v) is 5.69. The summed E-state index contributed by atoms with van der Waals surface area (Å²) in [4.78, 5) is 15.6. The van der Waals surface area contributed by atoms with E-state index < -0.39 is 6.09 Å². The van der Waals surface area contributed by atoms with Gasteiger partial charge in [-0.1, -0.05) is 6.92 Å². The van der Waals surface area contributed by atoms with Gasteiger partial charge in [-0.05, 0) is 39.8 Å². The van der Waals surface area contributed by atoms with Gasteiger partial charge < -0.3 is 20.2 Å². The molecule has 0 atom stereocenters. The van der Waals surface area contributed by atoms with Gasteiger partial charge in [0.15, 0.2) is 0 Å². The molecule has 0 unspecified atom stereocenters. The number of hydrogen-bond acceptors (Lipinski definition) is 3. The third-order valence-corrected chi connectivity index (χ3v) is 3.63. The number of carbonyl (C=O) groups is 1. The Morgan fingerprint density at radius 3 is 2.28 bits per heavy atom. The third-order valence-electron chi connectivity index (χ3n) is 3.63. The molecule has 0 spiro atoms. The summed E-state index contributed by atoms with van der Waals surface area (Å²) in [5.74, 6) is 0. The summed E-state index contributed by atoms with van der Waals surface area (Å²) in [7, 11) is 0. The molecule has 0 aromatic heterocycles. The normalized spacial score (nSPS) is 18.8. The van der Waals surface area contributed by atoms with E-state index in [1.807, 2.05) is 13.8 Å². The van der Waals surface area contributed by atoms with E-state index in [0.29, 0.717) is 0 Å². The zero-order valence-corrected chi connectivity index (χ0v) is 11.9. The number of rotatable bonds is 6. The predicted octanol–water partition coefficient (Wildman–Crippen LogP) is 1.45. The second kappa shape index (κ2) is 6.95. The zero-order valence-electron chi connectivity index (χ0n) is 11.9. The van der Waals surface area contributed by atoms with Gasteiger partial charge in [0.05, 0.1) is 0 Å². The maximum Gasteiger partial charge on any atom is 0.405 e. The van der Waals surface area contributed by atoms with E-state index >= 15 is 0 Å². The van der Waals surface area contributed by atoms with Gasteiger partial charge in [0.2, 0.25) is 0 Å². The number of likely N-dealkylation sites (N-methyl/N-ethyl adjacent to an activating group) is 1. The highest BCUT2D eigenvalue weighted by atomic mass is 16.4. The zero-order chi connectivity index (χ0) is 13.6. The van der Waals surface area contributed by atoms with Crippen molar-refractivity contribution < 1.29 is 9.90 Å². The molecule has 106 valence electrons. The van der Waals surface area contributed by atoms with Gasteiger partial charge >= 0.3 is 6.09 Å². The number of piperazine rings is 1. The molecule has 1 aliphatic rings. The summed E-state index contributed by atoms with van der Waals surface area (Å²) in [6, 6.07) is 0. The highest BCUT2D eigenvalue weighted by Gasteiger charge is 2.21. The smallest absolute Gasteiger partial charge is 0.405 e. The minimum absolute atomic E-state index is 0.322. The molecule has 0 saturated carbocycles. The van der Waals surface area contributed by atoms with Crippen LogP contribution < -0.4 is 5.32 Å². The first-order valence-corrected chi connectivity index (χ1v) is 6.89. The molecule has 1 amide bonds. The lowest BCUT2D eigenvalue weighted by Gasteiger charge is -2.34. The Kier molecular flexibility index (Phi) is 5.88. The van der Waals surface area contributed by atoms with Gasteiger partial charge in [-0.2, -0.15) is 0 Å². The van der Waals surface area contributed by atoms with Crippen molar-refractivity contribution in [3.8, 4) is 0 Å². The molecule has 1 aliphatic heterocycles. The van der Waals surface area contributed by atoms with Crippen LogP contribution in [-0.2, 0) is 0 Å². The summed E-state index contributed by atoms with van der Waals surface area (Å²) in [5, 5.41) is 11.3. The van der Waals surface area contributed by atoms with Crippen LogP contribution in [0.25, 0.3) is 0 Å². The number of nitrogens with one attached hydrogen (secondary N) is 1. The topological polar surface area (TPSA) is 55.8 Å². The van der Waals surface area contributed by atoms with Crippen molar-refractivity contribution in [3.05, 3.63) is 0 Å². The lowest BCUT2D eigenvalue weighted by molar-refractivity contribution is 0.132. The quantitative estimate of drug-likeness (QED) is 0.756. The molecule has 1 rings (SSSR count). The maximum atomic E-state index is 10.6. The van der Waals surface area contributed by atoms with Crippen molar-refractivity contribution in [1.29, 1.82) is 0 Å². The number of nitrogens with zero attached hydrogens (tertiary/aromatic N) is 2. The molecule has 1 heterocycles. The van der Waals surface area contributed by atoms with E-state index in [0.717, 1.165) is 52.1 Å². The molecule has 0 aromatic carbocycles. The minimum Gasteiger partial charge on any atom is -0.465 e. The van der Waals surface area contributed by atoms with Gasteiger partial charge in [0.1, 0.15) is 0 Å². The van der Waals surface area contributed by atoms with Crippen LogP contribution in [0.5, 0.6) is 0 Å². The standard InChI is InChI=1S/C13H27N3O2/c1-4-15-8-10-16(11-9-15)7-5-6-13(2,3)14-12(17)18/h14H,4-11H2,1-3H3,(H,17,18). The summed E-state index contributed by atoms with van der Waals surface area (Å²) in [6.07, 6.45) is 0.990. The Bertz CT molecular complexity index is 261. The van der Waals surface area contributed by atoms with Crippen molar-refractivity contribution in [3.63, 3.8) is 0 Å². The fraction of sp³-hybridized carbons (Fsp3) is 0.923. The average molecular weight is 257 g/mol. The highest BCUT2D eigenvalue weighted by molar-refractivity contribution is 5.65. The second-order valence-electron chi connectivity index (χ2n) is 5.69. The molecule has 2 N–H and O–H groups in total. The first kappa shape index (κ1) is 15.2. The van der Waals surface area contributed by atoms with Crippen molar-refractivity contribution in [2.24, 2.45) is 0 Å². The SMILES string of the molecule is CCN1CCN(CCCC(C)(C)NC(=O)O)CC1. The molecule has 0 bridgehead atoms. The van der Waals surface area contributed by atoms with Gasteiger partial charge in [0, 0.05) is 31.7 Å². The summed E-state index contributed by atoms with van der Waals surface area (Å²) >= 11 is 0. The van der Waals surface area contributed by atoms with Crippen molar-refractivity contribution in [1.82, 2.24) is 15.1 Å². The fourth-order valence-corrected chi connectivity index (χ4v) is 2.43. The summed E-state index contributed by atoms with van der Waals surface area (Å²) in [6.45, 7) is 12.9. The van der Waals surface area contributed by atoms with Crippen LogP contribution in [0, 0.1) is 0 Å². The lowest BCUT2D eigenvalue weighted by Crippen LogP contribution is -2.47. The van der Waals surface area contributed by atoms with E-state index in [2.05, 4.69) is 22.0 Å². The van der Waals surface area contributed by atoms with E-state index in [4.69, 9.17) is 5.11 Å².